The predicted octanol–water partition coefficient (Wildman–Crippen LogP) is 2.96. The first-order valence-electron chi connectivity index (χ1n) is 8.40. The molecule has 1 fully saturated rings. The number of carbonyl (C=O) groups excluding carboxylic acids is 1. The Morgan fingerprint density at radius 3 is 2.20 bits per heavy atom. The van der Waals surface area contributed by atoms with Crippen molar-refractivity contribution in [2.75, 3.05) is 31.1 Å². The van der Waals surface area contributed by atoms with Crippen LogP contribution in [0, 0.1) is 13.8 Å². The number of carbonyl (C=O) groups is 2. The Morgan fingerprint density at radius 1 is 0.880 bits per heavy atom. The molecule has 0 atom stereocenters. The molecule has 0 radical (unpaired) electrons. The Labute approximate surface area is 147 Å². The van der Waals surface area contributed by atoms with Crippen molar-refractivity contribution in [2.45, 2.75) is 13.8 Å². The van der Waals surface area contributed by atoms with Crippen LogP contribution in [0.3, 0.4) is 0 Å². The van der Waals surface area contributed by atoms with E-state index in [2.05, 4.69) is 36.9 Å². The molecule has 25 heavy (non-hydrogen) atoms. The Balaban J connectivity index is 1.67. The Bertz CT molecular complexity index is 808. The number of piperazine rings is 1. The monoisotopic (exact) mass is 338 g/mol. The molecular formula is C20H22N2O3. The summed E-state index contributed by atoms with van der Waals surface area (Å²) in [6.45, 7) is 7.00. The number of amides is 1. The number of hydrogen-bond donors (Lipinski definition) is 1. The summed E-state index contributed by atoms with van der Waals surface area (Å²) in [5.41, 5.74) is 4.29. The molecular weight excluding hydrogens is 316 g/mol. The van der Waals surface area contributed by atoms with Gasteiger partial charge in [0.25, 0.3) is 5.91 Å². The van der Waals surface area contributed by atoms with Gasteiger partial charge >= 0.3 is 5.97 Å². The molecule has 0 aliphatic carbocycles. The highest BCUT2D eigenvalue weighted by molar-refractivity contribution is 5.97. The smallest absolute Gasteiger partial charge is 0.335 e. The van der Waals surface area contributed by atoms with Crippen LogP contribution < -0.4 is 4.90 Å². The van der Waals surface area contributed by atoms with Crippen molar-refractivity contribution in [1.29, 1.82) is 0 Å². The van der Waals surface area contributed by atoms with Crippen LogP contribution in [-0.4, -0.2) is 48.1 Å². The van der Waals surface area contributed by atoms with Gasteiger partial charge in [0.1, 0.15) is 0 Å². The second kappa shape index (κ2) is 6.97. The van der Waals surface area contributed by atoms with E-state index < -0.39 is 5.97 Å². The van der Waals surface area contributed by atoms with Crippen molar-refractivity contribution >= 4 is 17.6 Å². The quantitative estimate of drug-likeness (QED) is 0.935. The maximum atomic E-state index is 12.6. The molecule has 2 aromatic rings. The second-order valence-electron chi connectivity index (χ2n) is 6.43. The van der Waals surface area contributed by atoms with Crippen LogP contribution in [0.4, 0.5) is 5.69 Å². The third kappa shape index (κ3) is 3.65. The number of carboxylic acids is 1. The van der Waals surface area contributed by atoms with E-state index in [-0.39, 0.29) is 11.5 Å². The maximum absolute atomic E-state index is 12.6. The first kappa shape index (κ1) is 17.0. The molecule has 0 bridgehead atoms. The summed E-state index contributed by atoms with van der Waals surface area (Å²) in [7, 11) is 0. The number of anilines is 1. The lowest BCUT2D eigenvalue weighted by atomic mass is 10.1. The number of rotatable bonds is 3. The SMILES string of the molecule is Cc1ccc(N2CCN(C(=O)c3cccc(C(=O)O)c3)CC2)cc1C. The number of nitrogens with zero attached hydrogens (tertiary/aromatic N) is 2. The van der Waals surface area contributed by atoms with Gasteiger partial charge in [0.05, 0.1) is 5.56 Å². The molecule has 3 rings (SSSR count). The average molecular weight is 338 g/mol. The van der Waals surface area contributed by atoms with Crippen molar-refractivity contribution in [1.82, 2.24) is 4.90 Å². The molecule has 5 heteroatoms. The van der Waals surface area contributed by atoms with Crippen LogP contribution in [0.15, 0.2) is 42.5 Å². The molecule has 0 aromatic heterocycles. The molecule has 0 spiro atoms. The molecule has 1 aliphatic heterocycles. The lowest BCUT2D eigenvalue weighted by molar-refractivity contribution is 0.0697. The molecule has 0 unspecified atom stereocenters. The lowest BCUT2D eigenvalue weighted by Gasteiger charge is -2.36. The highest BCUT2D eigenvalue weighted by Crippen LogP contribution is 2.21. The molecule has 1 aliphatic rings. The normalized spacial score (nSPS) is 14.5. The van der Waals surface area contributed by atoms with Gasteiger partial charge < -0.3 is 14.9 Å². The zero-order valence-corrected chi connectivity index (χ0v) is 14.5. The highest BCUT2D eigenvalue weighted by atomic mass is 16.4. The number of aromatic carboxylic acids is 1. The van der Waals surface area contributed by atoms with Gasteiger partial charge in [-0.2, -0.15) is 0 Å². The number of carboxylic acid groups (broad SMARTS) is 1. The van der Waals surface area contributed by atoms with E-state index in [0.717, 1.165) is 13.1 Å². The summed E-state index contributed by atoms with van der Waals surface area (Å²) in [5, 5.41) is 9.07. The van der Waals surface area contributed by atoms with Gasteiger partial charge in [-0.15, -0.1) is 0 Å². The largest absolute Gasteiger partial charge is 0.478 e. The Kier molecular flexibility index (Phi) is 4.74. The molecule has 2 aromatic carbocycles. The third-order valence-electron chi connectivity index (χ3n) is 4.78. The third-order valence-corrected chi connectivity index (χ3v) is 4.78. The van der Waals surface area contributed by atoms with Crippen molar-refractivity contribution in [3.63, 3.8) is 0 Å². The molecule has 0 saturated carbocycles. The van der Waals surface area contributed by atoms with Crippen LogP contribution in [0.1, 0.15) is 31.8 Å². The topological polar surface area (TPSA) is 60.9 Å². The predicted molar refractivity (Wildman–Crippen MR) is 97.4 cm³/mol. The molecule has 1 N–H and O–H groups in total. The average Bonchev–Trinajstić information content (AvgIpc) is 2.63. The van der Waals surface area contributed by atoms with Crippen LogP contribution in [0.2, 0.25) is 0 Å². The Hall–Kier alpha value is -2.82. The summed E-state index contributed by atoms with van der Waals surface area (Å²) in [4.78, 5) is 27.8. The lowest BCUT2D eigenvalue weighted by Crippen LogP contribution is -2.48. The summed E-state index contributed by atoms with van der Waals surface area (Å²) < 4.78 is 0. The molecule has 1 saturated heterocycles. The van der Waals surface area contributed by atoms with Crippen LogP contribution in [-0.2, 0) is 0 Å². The first-order chi connectivity index (χ1) is 12.0. The van der Waals surface area contributed by atoms with Gasteiger partial charge in [-0.05, 0) is 55.3 Å². The summed E-state index contributed by atoms with van der Waals surface area (Å²) >= 11 is 0. The first-order valence-corrected chi connectivity index (χ1v) is 8.40. The van der Waals surface area contributed by atoms with E-state index >= 15 is 0 Å². The van der Waals surface area contributed by atoms with Gasteiger partial charge in [-0.25, -0.2) is 4.79 Å². The van der Waals surface area contributed by atoms with E-state index in [9.17, 15) is 9.59 Å². The van der Waals surface area contributed by atoms with E-state index in [4.69, 9.17) is 5.11 Å². The van der Waals surface area contributed by atoms with Crippen LogP contribution in [0.5, 0.6) is 0 Å². The van der Waals surface area contributed by atoms with Gasteiger partial charge in [0, 0.05) is 37.4 Å². The van der Waals surface area contributed by atoms with Crippen molar-refractivity contribution < 1.29 is 14.7 Å². The minimum atomic E-state index is -1.02. The van der Waals surface area contributed by atoms with Crippen LogP contribution >= 0.6 is 0 Å². The molecule has 1 amide bonds. The second-order valence-corrected chi connectivity index (χ2v) is 6.43. The van der Waals surface area contributed by atoms with E-state index in [1.54, 1.807) is 17.0 Å². The standard InChI is InChI=1S/C20H22N2O3/c1-14-6-7-18(12-15(14)2)21-8-10-22(11-9-21)19(23)16-4-3-5-17(13-16)20(24)25/h3-7,12-13H,8-11H2,1-2H3,(H,24,25). The van der Waals surface area contributed by atoms with Crippen molar-refractivity contribution in [3.8, 4) is 0 Å². The number of benzene rings is 2. The number of aryl methyl sites for hydroxylation is 2. The van der Waals surface area contributed by atoms with Crippen LogP contribution in [0.25, 0.3) is 0 Å². The zero-order valence-electron chi connectivity index (χ0n) is 14.5. The van der Waals surface area contributed by atoms with Gasteiger partial charge in [-0.3, -0.25) is 4.79 Å². The minimum absolute atomic E-state index is 0.108. The van der Waals surface area contributed by atoms with E-state index in [1.165, 1.54) is 28.9 Å². The van der Waals surface area contributed by atoms with Gasteiger partial charge in [-0.1, -0.05) is 12.1 Å². The van der Waals surface area contributed by atoms with Crippen molar-refractivity contribution in [2.24, 2.45) is 0 Å². The van der Waals surface area contributed by atoms with E-state index in [1.807, 2.05) is 0 Å². The zero-order chi connectivity index (χ0) is 18.0. The number of hydrogen-bond acceptors (Lipinski definition) is 3. The molecule has 130 valence electrons. The van der Waals surface area contributed by atoms with Gasteiger partial charge in [0.15, 0.2) is 0 Å². The fraction of sp³-hybridized carbons (Fsp3) is 0.300. The van der Waals surface area contributed by atoms with E-state index in [0.29, 0.717) is 18.7 Å². The Morgan fingerprint density at radius 2 is 1.56 bits per heavy atom. The summed E-state index contributed by atoms with van der Waals surface area (Å²) in [6.07, 6.45) is 0. The summed E-state index contributed by atoms with van der Waals surface area (Å²) in [6, 6.07) is 12.7. The van der Waals surface area contributed by atoms with Gasteiger partial charge in [0.2, 0.25) is 0 Å². The van der Waals surface area contributed by atoms with Crippen molar-refractivity contribution in [3.05, 3.63) is 64.7 Å². The fourth-order valence-electron chi connectivity index (χ4n) is 3.06. The maximum Gasteiger partial charge on any atom is 0.335 e. The molecule has 1 heterocycles. The fourth-order valence-corrected chi connectivity index (χ4v) is 3.06. The highest BCUT2D eigenvalue weighted by Gasteiger charge is 2.23. The molecule has 5 nitrogen and oxygen atoms in total. The summed E-state index contributed by atoms with van der Waals surface area (Å²) in [5.74, 6) is -1.13. The minimum Gasteiger partial charge on any atom is -0.478 e.